The van der Waals surface area contributed by atoms with E-state index < -0.39 is 4.32 Å². The molecule has 0 aliphatic rings. The van der Waals surface area contributed by atoms with Gasteiger partial charge in [0.1, 0.15) is 10.9 Å². The number of alkyl halides is 1. The van der Waals surface area contributed by atoms with Gasteiger partial charge in [0, 0.05) is 0 Å². The van der Waals surface area contributed by atoms with Crippen LogP contribution in [0.2, 0.25) is 0 Å². The summed E-state index contributed by atoms with van der Waals surface area (Å²) >= 11 is 3.20. The number of hydrogen-bond acceptors (Lipinski definition) is 3. The van der Waals surface area contributed by atoms with Gasteiger partial charge < -0.3 is 15.2 Å². The quantitative estimate of drug-likeness (QED) is 0.411. The Labute approximate surface area is 86.9 Å². The smallest absolute Gasteiger partial charge is 0.322 e. The zero-order valence-electron chi connectivity index (χ0n) is 8.14. The molecule has 0 aliphatic heterocycles. The first-order valence-electron chi connectivity index (χ1n) is 4.21. The van der Waals surface area contributed by atoms with Gasteiger partial charge in [-0.15, -0.1) is 0 Å². The molecule has 0 aromatic rings. The minimum absolute atomic E-state index is 0.272. The maximum atomic E-state index is 11.2. The Morgan fingerprint density at radius 2 is 2.00 bits per heavy atom. The fourth-order valence-corrected chi connectivity index (χ4v) is 0.683. The lowest BCUT2D eigenvalue weighted by Gasteiger charge is -2.14. The molecule has 0 saturated heterocycles. The third-order valence-corrected chi connectivity index (χ3v) is 1.56. The van der Waals surface area contributed by atoms with Crippen molar-refractivity contribution >= 4 is 21.9 Å². The Morgan fingerprint density at radius 1 is 1.38 bits per heavy atom. The van der Waals surface area contributed by atoms with Gasteiger partial charge in [-0.2, -0.15) is 0 Å². The Morgan fingerprint density at radius 3 is 2.46 bits per heavy atom. The minimum Gasteiger partial charge on any atom is -0.462 e. The van der Waals surface area contributed by atoms with Crippen molar-refractivity contribution in [3.63, 3.8) is 0 Å². The molecule has 5 heteroatoms. The molecule has 0 amide bonds. The van der Waals surface area contributed by atoms with E-state index in [2.05, 4.69) is 21.7 Å². The highest BCUT2D eigenvalue weighted by Gasteiger charge is 2.24. The number of quaternary nitrogens is 1. The molecule has 3 N–H and O–H groups in total. The van der Waals surface area contributed by atoms with Crippen LogP contribution < -0.4 is 5.73 Å². The molecule has 0 aromatic carbocycles. The summed E-state index contributed by atoms with van der Waals surface area (Å²) in [5, 5.41) is 0. The lowest BCUT2D eigenvalue weighted by Crippen LogP contribution is -2.52. The summed E-state index contributed by atoms with van der Waals surface area (Å²) in [6, 6.07) is 0. The van der Waals surface area contributed by atoms with E-state index in [4.69, 9.17) is 9.47 Å². The zero-order valence-corrected chi connectivity index (χ0v) is 9.72. The first-order chi connectivity index (χ1) is 5.98. The fourth-order valence-electron chi connectivity index (χ4n) is 0.569. The number of carbonyl (C=O) groups excluding carboxylic acids is 1. The van der Waals surface area contributed by atoms with Crippen LogP contribution in [0.1, 0.15) is 13.8 Å². The van der Waals surface area contributed by atoms with Gasteiger partial charge in [0.2, 0.25) is 0 Å². The molecule has 0 fully saturated rings. The van der Waals surface area contributed by atoms with Crippen molar-refractivity contribution < 1.29 is 20.0 Å². The van der Waals surface area contributed by atoms with Gasteiger partial charge in [-0.05, 0) is 13.8 Å². The van der Waals surface area contributed by atoms with Crippen molar-refractivity contribution in [2.24, 2.45) is 0 Å². The molecule has 0 saturated carbocycles. The second kappa shape index (κ2) is 6.34. The van der Waals surface area contributed by atoms with Crippen LogP contribution in [-0.4, -0.2) is 36.7 Å². The number of ether oxygens (including phenoxy) is 2. The van der Waals surface area contributed by atoms with Gasteiger partial charge in [-0.25, -0.2) is 0 Å². The minimum atomic E-state index is -0.612. The molecule has 78 valence electrons. The van der Waals surface area contributed by atoms with E-state index in [1.807, 2.05) is 0 Å². The van der Waals surface area contributed by atoms with Gasteiger partial charge in [-0.3, -0.25) is 4.79 Å². The summed E-state index contributed by atoms with van der Waals surface area (Å²) in [5.74, 6) is -0.272. The third kappa shape index (κ3) is 6.98. The molecule has 13 heavy (non-hydrogen) atoms. The van der Waals surface area contributed by atoms with Crippen LogP contribution in [-0.2, 0) is 14.3 Å². The summed E-state index contributed by atoms with van der Waals surface area (Å²) in [6.07, 6.45) is 0. The van der Waals surface area contributed by atoms with Crippen molar-refractivity contribution in [3.05, 3.63) is 0 Å². The lowest BCUT2D eigenvalue weighted by molar-refractivity contribution is -0.374. The highest BCUT2D eigenvalue weighted by atomic mass is 79.9. The van der Waals surface area contributed by atoms with Crippen LogP contribution in [0.5, 0.6) is 0 Å². The van der Waals surface area contributed by atoms with E-state index in [0.717, 1.165) is 6.54 Å². The SMILES string of the molecule is CC(C)(Br)C(=O)OCCOCC[NH3+]. The monoisotopic (exact) mass is 254 g/mol. The third-order valence-electron chi connectivity index (χ3n) is 1.23. The second-order valence-corrected chi connectivity index (χ2v) is 5.06. The summed E-state index contributed by atoms with van der Waals surface area (Å²) in [5.41, 5.74) is 3.62. The van der Waals surface area contributed by atoms with Crippen LogP contribution in [0.25, 0.3) is 0 Å². The molecule has 0 bridgehead atoms. The molecular weight excluding hydrogens is 238 g/mol. The number of halogens is 1. The summed E-state index contributed by atoms with van der Waals surface area (Å²) in [4.78, 5) is 11.2. The summed E-state index contributed by atoms with van der Waals surface area (Å²) in [6.45, 7) is 5.56. The van der Waals surface area contributed by atoms with E-state index in [-0.39, 0.29) is 5.97 Å². The fraction of sp³-hybridized carbons (Fsp3) is 0.875. The van der Waals surface area contributed by atoms with Crippen molar-refractivity contribution in [1.29, 1.82) is 0 Å². The van der Waals surface area contributed by atoms with E-state index in [1.165, 1.54) is 0 Å². The normalized spacial score (nSPS) is 11.4. The molecule has 0 unspecified atom stereocenters. The highest BCUT2D eigenvalue weighted by Crippen LogP contribution is 2.17. The van der Waals surface area contributed by atoms with Gasteiger partial charge in [0.25, 0.3) is 0 Å². The van der Waals surface area contributed by atoms with Crippen LogP contribution in [0.15, 0.2) is 0 Å². The lowest BCUT2D eigenvalue weighted by atomic mass is 10.2. The number of carbonyl (C=O) groups is 1. The van der Waals surface area contributed by atoms with Crippen LogP contribution in [0.3, 0.4) is 0 Å². The molecule has 0 spiro atoms. The topological polar surface area (TPSA) is 63.2 Å². The number of rotatable bonds is 6. The molecular formula is C8H17BrNO3+. The Balaban J connectivity index is 3.38. The molecule has 0 rings (SSSR count). The van der Waals surface area contributed by atoms with Gasteiger partial charge >= 0.3 is 5.97 Å². The molecule has 0 aliphatic carbocycles. The Bertz CT molecular complexity index is 156. The van der Waals surface area contributed by atoms with E-state index in [1.54, 1.807) is 13.8 Å². The van der Waals surface area contributed by atoms with E-state index >= 15 is 0 Å². The van der Waals surface area contributed by atoms with Crippen molar-refractivity contribution in [2.45, 2.75) is 18.2 Å². The molecule has 0 aromatic heterocycles. The Kier molecular flexibility index (Phi) is 6.28. The zero-order chi connectivity index (χ0) is 10.3. The molecule has 0 radical (unpaired) electrons. The average Bonchev–Trinajstić information content (AvgIpc) is 2.02. The van der Waals surface area contributed by atoms with E-state index in [0.29, 0.717) is 19.8 Å². The van der Waals surface area contributed by atoms with Gasteiger partial charge in [0.15, 0.2) is 0 Å². The molecule has 4 nitrogen and oxygen atoms in total. The van der Waals surface area contributed by atoms with Crippen LogP contribution in [0.4, 0.5) is 0 Å². The second-order valence-electron chi connectivity index (χ2n) is 3.07. The predicted molar refractivity (Wildman–Crippen MR) is 52.5 cm³/mol. The van der Waals surface area contributed by atoms with Gasteiger partial charge in [-0.1, -0.05) is 15.9 Å². The molecule has 0 atom stereocenters. The Hall–Kier alpha value is -0.130. The van der Waals surface area contributed by atoms with Crippen molar-refractivity contribution in [1.82, 2.24) is 0 Å². The maximum Gasteiger partial charge on any atom is 0.322 e. The predicted octanol–water partition coefficient (Wildman–Crippen LogP) is -0.0384. The van der Waals surface area contributed by atoms with Crippen molar-refractivity contribution in [3.8, 4) is 0 Å². The maximum absolute atomic E-state index is 11.2. The van der Waals surface area contributed by atoms with Crippen LogP contribution in [0, 0.1) is 0 Å². The van der Waals surface area contributed by atoms with E-state index in [9.17, 15) is 4.79 Å². The molecule has 0 heterocycles. The number of hydrogen-bond donors (Lipinski definition) is 1. The summed E-state index contributed by atoms with van der Waals surface area (Å²) in [7, 11) is 0. The van der Waals surface area contributed by atoms with Crippen LogP contribution >= 0.6 is 15.9 Å². The first-order valence-corrected chi connectivity index (χ1v) is 5.01. The number of esters is 1. The standard InChI is InChI=1S/C8H16BrNO3/c1-8(2,9)7(11)13-6-5-12-4-3-10/h3-6,10H2,1-2H3/p+1. The largest absolute Gasteiger partial charge is 0.462 e. The first kappa shape index (κ1) is 12.9. The average molecular weight is 255 g/mol. The summed E-state index contributed by atoms with van der Waals surface area (Å²) < 4.78 is 9.40. The highest BCUT2D eigenvalue weighted by molar-refractivity contribution is 9.10. The van der Waals surface area contributed by atoms with Gasteiger partial charge in [0.05, 0.1) is 19.8 Å². The van der Waals surface area contributed by atoms with Crippen molar-refractivity contribution in [2.75, 3.05) is 26.4 Å².